The van der Waals surface area contributed by atoms with Crippen molar-refractivity contribution in [2.24, 2.45) is 5.92 Å². The van der Waals surface area contributed by atoms with Gasteiger partial charge in [-0.25, -0.2) is 9.97 Å². The van der Waals surface area contributed by atoms with Crippen LogP contribution in [0.3, 0.4) is 0 Å². The van der Waals surface area contributed by atoms with Crippen LogP contribution in [0, 0.1) is 12.8 Å². The van der Waals surface area contributed by atoms with E-state index >= 15 is 0 Å². The number of fused-ring (bicyclic) bond motifs is 1. The first kappa shape index (κ1) is 15.3. The van der Waals surface area contributed by atoms with E-state index in [2.05, 4.69) is 42.2 Å². The van der Waals surface area contributed by atoms with Gasteiger partial charge in [0.2, 0.25) is 0 Å². The number of hydrogen-bond donors (Lipinski definition) is 0. The summed E-state index contributed by atoms with van der Waals surface area (Å²) in [5.74, 6) is 2.12. The van der Waals surface area contributed by atoms with Crippen molar-refractivity contribution in [1.29, 1.82) is 0 Å². The summed E-state index contributed by atoms with van der Waals surface area (Å²) in [4.78, 5) is 9.18. The van der Waals surface area contributed by atoms with E-state index in [9.17, 15) is 0 Å². The maximum atomic E-state index is 6.07. The van der Waals surface area contributed by atoms with Crippen molar-refractivity contribution in [1.82, 2.24) is 14.5 Å². The minimum atomic E-state index is 0.391. The fraction of sp³-hybridized carbons (Fsp3) is 0.625. The van der Waals surface area contributed by atoms with E-state index in [1.54, 1.807) is 0 Å². The first-order valence-corrected chi connectivity index (χ1v) is 7.96. The summed E-state index contributed by atoms with van der Waals surface area (Å²) in [6.07, 6.45) is 5.49. The Kier molecular flexibility index (Phi) is 5.03. The summed E-state index contributed by atoms with van der Waals surface area (Å²) in [7, 11) is 0. The molecule has 2 rings (SSSR count). The molecule has 2 aromatic rings. The lowest BCUT2D eigenvalue weighted by atomic mass is 10.0. The van der Waals surface area contributed by atoms with Gasteiger partial charge in [0, 0.05) is 12.2 Å². The molecule has 0 aliphatic rings. The van der Waals surface area contributed by atoms with Gasteiger partial charge in [-0.05, 0) is 37.8 Å². The van der Waals surface area contributed by atoms with E-state index in [4.69, 9.17) is 11.6 Å². The van der Waals surface area contributed by atoms with E-state index in [0.717, 1.165) is 34.9 Å². The number of aryl methyl sites for hydroxylation is 1. The number of nitrogens with zero attached hydrogens (tertiary/aromatic N) is 3. The van der Waals surface area contributed by atoms with Crippen LogP contribution >= 0.6 is 11.6 Å². The lowest BCUT2D eigenvalue weighted by molar-refractivity contribution is 0.446. The molecule has 0 N–H and O–H groups in total. The number of aromatic nitrogens is 3. The Labute approximate surface area is 126 Å². The van der Waals surface area contributed by atoms with E-state index in [1.807, 2.05) is 12.3 Å². The normalized spacial score (nSPS) is 13.3. The lowest BCUT2D eigenvalue weighted by Crippen LogP contribution is -2.09. The van der Waals surface area contributed by atoms with Gasteiger partial charge in [0.25, 0.3) is 0 Å². The number of halogens is 1. The highest BCUT2D eigenvalue weighted by Gasteiger charge is 2.17. The van der Waals surface area contributed by atoms with Gasteiger partial charge in [-0.2, -0.15) is 0 Å². The van der Waals surface area contributed by atoms with Gasteiger partial charge >= 0.3 is 0 Å². The zero-order chi connectivity index (χ0) is 14.7. The van der Waals surface area contributed by atoms with Crippen LogP contribution in [0.4, 0.5) is 0 Å². The average Bonchev–Trinajstić information content (AvgIpc) is 2.78. The fourth-order valence-corrected chi connectivity index (χ4v) is 2.85. The molecule has 0 saturated heterocycles. The Morgan fingerprint density at radius 3 is 2.65 bits per heavy atom. The highest BCUT2D eigenvalue weighted by atomic mass is 35.5. The SMILES string of the molecule is Cc1ccnc2c1nc(CCl)n2C(C)CCCC(C)C. The third kappa shape index (κ3) is 3.14. The molecule has 0 aliphatic carbocycles. The largest absolute Gasteiger partial charge is 0.309 e. The van der Waals surface area contributed by atoms with Gasteiger partial charge < -0.3 is 4.57 Å². The number of pyridine rings is 1. The van der Waals surface area contributed by atoms with Gasteiger partial charge in [0.1, 0.15) is 11.3 Å². The van der Waals surface area contributed by atoms with E-state index in [-0.39, 0.29) is 0 Å². The predicted molar refractivity (Wildman–Crippen MR) is 85.2 cm³/mol. The second-order valence-electron chi connectivity index (χ2n) is 6.01. The number of hydrogen-bond acceptors (Lipinski definition) is 2. The molecule has 0 fully saturated rings. The van der Waals surface area contributed by atoms with Crippen LogP contribution in [0.2, 0.25) is 0 Å². The minimum Gasteiger partial charge on any atom is -0.309 e. The molecule has 0 amide bonds. The molecule has 0 bridgehead atoms. The predicted octanol–water partition coefficient (Wildman–Crippen LogP) is 4.87. The van der Waals surface area contributed by atoms with Crippen molar-refractivity contribution in [2.75, 3.05) is 0 Å². The van der Waals surface area contributed by atoms with Crippen LogP contribution in [0.15, 0.2) is 12.3 Å². The van der Waals surface area contributed by atoms with Gasteiger partial charge in [0.15, 0.2) is 5.65 Å². The fourth-order valence-electron chi connectivity index (χ4n) is 2.66. The molecule has 2 heterocycles. The number of alkyl halides is 1. The molecule has 0 aliphatic heterocycles. The number of imidazole rings is 1. The molecule has 1 atom stereocenters. The molecular formula is C16H24ClN3. The Hall–Kier alpha value is -1.09. The summed E-state index contributed by atoms with van der Waals surface area (Å²) < 4.78 is 2.22. The summed E-state index contributed by atoms with van der Waals surface area (Å²) in [6.45, 7) is 8.85. The molecule has 110 valence electrons. The minimum absolute atomic E-state index is 0.391. The maximum absolute atomic E-state index is 6.07. The summed E-state index contributed by atoms with van der Waals surface area (Å²) in [5, 5.41) is 0. The second-order valence-corrected chi connectivity index (χ2v) is 6.27. The van der Waals surface area contributed by atoms with E-state index in [0.29, 0.717) is 11.9 Å². The standard InChI is InChI=1S/C16H24ClN3/c1-11(2)6-5-7-13(4)20-14(10-17)19-15-12(3)8-9-18-16(15)20/h8-9,11,13H,5-7,10H2,1-4H3. The third-order valence-electron chi connectivity index (χ3n) is 3.82. The summed E-state index contributed by atoms with van der Waals surface area (Å²) >= 11 is 6.07. The smallest absolute Gasteiger partial charge is 0.160 e. The van der Waals surface area contributed by atoms with Crippen molar-refractivity contribution in [2.45, 2.75) is 58.9 Å². The summed E-state index contributed by atoms with van der Waals surface area (Å²) in [6, 6.07) is 2.39. The van der Waals surface area contributed by atoms with Gasteiger partial charge in [-0.15, -0.1) is 11.6 Å². The summed E-state index contributed by atoms with van der Waals surface area (Å²) in [5.41, 5.74) is 3.12. The molecular weight excluding hydrogens is 270 g/mol. The van der Waals surface area contributed by atoms with Crippen LogP contribution in [0.25, 0.3) is 11.2 Å². The topological polar surface area (TPSA) is 30.7 Å². The molecule has 0 aromatic carbocycles. The van der Waals surface area contributed by atoms with Gasteiger partial charge in [-0.3, -0.25) is 0 Å². The first-order valence-electron chi connectivity index (χ1n) is 7.43. The lowest BCUT2D eigenvalue weighted by Gasteiger charge is -2.17. The van der Waals surface area contributed by atoms with Gasteiger partial charge in [0.05, 0.1) is 5.88 Å². The number of rotatable bonds is 6. The molecule has 4 heteroatoms. The maximum Gasteiger partial charge on any atom is 0.160 e. The molecule has 0 radical (unpaired) electrons. The van der Waals surface area contributed by atoms with Crippen molar-refractivity contribution < 1.29 is 0 Å². The van der Waals surface area contributed by atoms with Crippen molar-refractivity contribution in [3.05, 3.63) is 23.7 Å². The monoisotopic (exact) mass is 293 g/mol. The van der Waals surface area contributed by atoms with Crippen molar-refractivity contribution in [3.63, 3.8) is 0 Å². The van der Waals surface area contributed by atoms with Crippen LogP contribution in [-0.4, -0.2) is 14.5 Å². The highest BCUT2D eigenvalue weighted by molar-refractivity contribution is 6.16. The molecule has 3 nitrogen and oxygen atoms in total. The van der Waals surface area contributed by atoms with Gasteiger partial charge in [-0.1, -0.05) is 26.7 Å². The quantitative estimate of drug-likeness (QED) is 0.712. The van der Waals surface area contributed by atoms with Crippen LogP contribution in [0.1, 0.15) is 57.5 Å². The first-order chi connectivity index (χ1) is 9.54. The Bertz CT molecular complexity index is 574. The Balaban J connectivity index is 2.29. The Morgan fingerprint density at radius 1 is 1.25 bits per heavy atom. The van der Waals surface area contributed by atoms with Crippen molar-refractivity contribution in [3.8, 4) is 0 Å². The molecule has 0 spiro atoms. The van der Waals surface area contributed by atoms with Crippen LogP contribution in [-0.2, 0) is 5.88 Å². The zero-order valence-corrected chi connectivity index (χ0v) is 13.6. The van der Waals surface area contributed by atoms with Crippen LogP contribution in [0.5, 0.6) is 0 Å². The van der Waals surface area contributed by atoms with E-state index in [1.165, 1.54) is 12.8 Å². The third-order valence-corrected chi connectivity index (χ3v) is 4.06. The molecule has 2 aromatic heterocycles. The highest BCUT2D eigenvalue weighted by Crippen LogP contribution is 2.26. The Morgan fingerprint density at radius 2 is 2.00 bits per heavy atom. The van der Waals surface area contributed by atoms with Crippen LogP contribution < -0.4 is 0 Å². The molecule has 0 saturated carbocycles. The van der Waals surface area contributed by atoms with E-state index < -0.39 is 0 Å². The zero-order valence-electron chi connectivity index (χ0n) is 12.9. The average molecular weight is 294 g/mol. The molecule has 20 heavy (non-hydrogen) atoms. The van der Waals surface area contributed by atoms with Crippen molar-refractivity contribution >= 4 is 22.8 Å². The second kappa shape index (κ2) is 6.57. The molecule has 1 unspecified atom stereocenters.